The Hall–Kier alpha value is 0.230. The molecule has 0 saturated carbocycles. The Balaban J connectivity index is 2.51. The molecule has 1 atom stereocenters. The van der Waals surface area contributed by atoms with Gasteiger partial charge in [-0.15, -0.1) is 0 Å². The molecule has 1 saturated heterocycles. The average molecular weight is 273 g/mol. The van der Waals surface area contributed by atoms with Crippen molar-refractivity contribution >= 4 is 11.8 Å². The van der Waals surface area contributed by atoms with Gasteiger partial charge in [0.1, 0.15) is 0 Å². The summed E-state index contributed by atoms with van der Waals surface area (Å²) in [7, 11) is 2.29. The molecule has 0 amide bonds. The van der Waals surface area contributed by atoms with E-state index in [0.29, 0.717) is 6.04 Å². The van der Waals surface area contributed by atoms with Gasteiger partial charge in [-0.3, -0.25) is 4.90 Å². The third-order valence-electron chi connectivity index (χ3n) is 4.06. The van der Waals surface area contributed by atoms with E-state index in [1.165, 1.54) is 25.3 Å². The molecular formula is C14H31N3S. The van der Waals surface area contributed by atoms with Crippen molar-refractivity contribution in [2.45, 2.75) is 38.8 Å². The molecule has 18 heavy (non-hydrogen) atoms. The first-order chi connectivity index (χ1) is 8.51. The van der Waals surface area contributed by atoms with Gasteiger partial charge >= 0.3 is 0 Å². The third kappa shape index (κ3) is 4.72. The largest absolute Gasteiger partial charge is 0.314 e. The highest BCUT2D eigenvalue weighted by molar-refractivity contribution is 7.98. The maximum atomic E-state index is 3.44. The number of nitrogens with zero attached hydrogens (tertiary/aromatic N) is 2. The Morgan fingerprint density at radius 1 is 1.33 bits per heavy atom. The Morgan fingerprint density at radius 2 is 1.94 bits per heavy atom. The van der Waals surface area contributed by atoms with Gasteiger partial charge in [-0.1, -0.05) is 6.92 Å². The van der Waals surface area contributed by atoms with Crippen LogP contribution >= 0.6 is 11.8 Å². The molecule has 3 nitrogen and oxygen atoms in total. The fraction of sp³-hybridized carbons (Fsp3) is 1.00. The molecule has 1 aliphatic heterocycles. The number of rotatable bonds is 7. The highest BCUT2D eigenvalue weighted by Crippen LogP contribution is 2.19. The molecule has 0 aromatic rings. The second kappa shape index (κ2) is 7.73. The van der Waals surface area contributed by atoms with Crippen LogP contribution in [0.1, 0.15) is 27.2 Å². The summed E-state index contributed by atoms with van der Waals surface area (Å²) >= 11 is 1.96. The van der Waals surface area contributed by atoms with Crippen LogP contribution in [0.15, 0.2) is 0 Å². The van der Waals surface area contributed by atoms with Crippen LogP contribution in [0.3, 0.4) is 0 Å². The zero-order valence-electron chi connectivity index (χ0n) is 12.8. The summed E-state index contributed by atoms with van der Waals surface area (Å²) in [5, 5.41) is 3.44. The molecule has 108 valence electrons. The van der Waals surface area contributed by atoms with Crippen LogP contribution in [-0.2, 0) is 0 Å². The van der Waals surface area contributed by atoms with Crippen molar-refractivity contribution < 1.29 is 0 Å². The first-order valence-corrected chi connectivity index (χ1v) is 8.55. The molecule has 1 rings (SSSR count). The first-order valence-electron chi connectivity index (χ1n) is 7.16. The summed E-state index contributed by atoms with van der Waals surface area (Å²) in [6, 6.07) is 0.710. The number of thioether (sulfide) groups is 1. The molecule has 4 heteroatoms. The molecule has 1 fully saturated rings. The first kappa shape index (κ1) is 16.3. The van der Waals surface area contributed by atoms with E-state index < -0.39 is 0 Å². The maximum Gasteiger partial charge on any atom is 0.0281 e. The van der Waals surface area contributed by atoms with Crippen LogP contribution in [0.4, 0.5) is 0 Å². The molecule has 1 heterocycles. The van der Waals surface area contributed by atoms with Crippen molar-refractivity contribution in [1.82, 2.24) is 15.1 Å². The molecular weight excluding hydrogens is 242 g/mol. The lowest BCUT2D eigenvalue weighted by Gasteiger charge is -2.44. The van der Waals surface area contributed by atoms with Crippen LogP contribution in [0, 0.1) is 0 Å². The van der Waals surface area contributed by atoms with E-state index in [2.05, 4.69) is 49.2 Å². The summed E-state index contributed by atoms with van der Waals surface area (Å²) in [6.07, 6.45) is 3.45. The summed E-state index contributed by atoms with van der Waals surface area (Å²) in [4.78, 5) is 5.18. The Morgan fingerprint density at radius 3 is 2.44 bits per heavy atom. The van der Waals surface area contributed by atoms with Gasteiger partial charge in [0.05, 0.1) is 0 Å². The average Bonchev–Trinajstić information content (AvgIpc) is 2.36. The van der Waals surface area contributed by atoms with Crippen LogP contribution in [0.25, 0.3) is 0 Å². The van der Waals surface area contributed by atoms with E-state index in [1.807, 2.05) is 11.8 Å². The zero-order chi connectivity index (χ0) is 13.6. The van der Waals surface area contributed by atoms with Crippen LogP contribution < -0.4 is 5.32 Å². The summed E-state index contributed by atoms with van der Waals surface area (Å²) in [5.41, 5.74) is 0.280. The van der Waals surface area contributed by atoms with E-state index >= 15 is 0 Å². The standard InChI is InChI=1S/C14H31N3S/c1-6-13(11-18-5)16(4)12-14(2,3)17-9-7-15-8-10-17/h13,15H,6-12H2,1-5H3. The highest BCUT2D eigenvalue weighted by Gasteiger charge is 2.30. The summed E-state index contributed by atoms with van der Waals surface area (Å²) < 4.78 is 0. The molecule has 0 bridgehead atoms. The van der Waals surface area contributed by atoms with Crippen molar-refractivity contribution in [3.8, 4) is 0 Å². The van der Waals surface area contributed by atoms with Crippen molar-refractivity contribution in [1.29, 1.82) is 0 Å². The van der Waals surface area contributed by atoms with Crippen molar-refractivity contribution in [3.05, 3.63) is 0 Å². The SMILES string of the molecule is CCC(CSC)N(C)CC(C)(C)N1CCNCC1. The maximum absolute atomic E-state index is 3.44. The van der Waals surface area contributed by atoms with E-state index in [0.717, 1.165) is 19.6 Å². The minimum atomic E-state index is 0.280. The summed E-state index contributed by atoms with van der Waals surface area (Å²) in [6.45, 7) is 12.9. The zero-order valence-corrected chi connectivity index (χ0v) is 13.6. The van der Waals surface area contributed by atoms with Crippen LogP contribution in [0.2, 0.25) is 0 Å². The summed E-state index contributed by atoms with van der Waals surface area (Å²) in [5.74, 6) is 1.24. The van der Waals surface area contributed by atoms with E-state index in [-0.39, 0.29) is 5.54 Å². The smallest absolute Gasteiger partial charge is 0.0281 e. The number of hydrogen-bond donors (Lipinski definition) is 1. The van der Waals surface area contributed by atoms with Gasteiger partial charge in [-0.05, 0) is 33.6 Å². The second-order valence-electron chi connectivity index (χ2n) is 5.98. The Labute approximate surface area is 118 Å². The van der Waals surface area contributed by atoms with Gasteiger partial charge in [0.25, 0.3) is 0 Å². The monoisotopic (exact) mass is 273 g/mol. The molecule has 0 spiro atoms. The van der Waals surface area contributed by atoms with E-state index in [4.69, 9.17) is 0 Å². The molecule has 1 aliphatic rings. The normalized spacial score (nSPS) is 20.3. The lowest BCUT2D eigenvalue weighted by Crippen LogP contribution is -2.58. The van der Waals surface area contributed by atoms with Crippen LogP contribution in [0.5, 0.6) is 0 Å². The van der Waals surface area contributed by atoms with Crippen molar-refractivity contribution in [3.63, 3.8) is 0 Å². The van der Waals surface area contributed by atoms with E-state index in [1.54, 1.807) is 0 Å². The fourth-order valence-corrected chi connectivity index (χ4v) is 3.73. The fourth-order valence-electron chi connectivity index (χ4n) is 2.86. The van der Waals surface area contributed by atoms with Gasteiger partial charge in [0, 0.05) is 50.1 Å². The number of likely N-dealkylation sites (N-methyl/N-ethyl adjacent to an activating group) is 1. The van der Waals surface area contributed by atoms with Gasteiger partial charge in [0.2, 0.25) is 0 Å². The predicted octanol–water partition coefficient (Wildman–Crippen LogP) is 1.74. The topological polar surface area (TPSA) is 18.5 Å². The van der Waals surface area contributed by atoms with Crippen LogP contribution in [-0.4, -0.2) is 73.2 Å². The molecule has 1 unspecified atom stereocenters. The van der Waals surface area contributed by atoms with Crippen molar-refractivity contribution in [2.75, 3.05) is 51.8 Å². The number of piperazine rings is 1. The molecule has 0 aromatic carbocycles. The molecule has 0 aromatic heterocycles. The lowest BCUT2D eigenvalue weighted by molar-refractivity contribution is 0.0605. The number of nitrogens with one attached hydrogen (secondary N) is 1. The molecule has 1 N–H and O–H groups in total. The number of hydrogen-bond acceptors (Lipinski definition) is 4. The van der Waals surface area contributed by atoms with E-state index in [9.17, 15) is 0 Å². The predicted molar refractivity (Wildman–Crippen MR) is 83.6 cm³/mol. The minimum Gasteiger partial charge on any atom is -0.314 e. The Kier molecular flexibility index (Phi) is 6.99. The second-order valence-corrected chi connectivity index (χ2v) is 6.89. The van der Waals surface area contributed by atoms with Gasteiger partial charge < -0.3 is 10.2 Å². The Bertz CT molecular complexity index is 227. The van der Waals surface area contributed by atoms with Gasteiger partial charge in [-0.2, -0.15) is 11.8 Å². The van der Waals surface area contributed by atoms with Crippen molar-refractivity contribution in [2.24, 2.45) is 0 Å². The third-order valence-corrected chi connectivity index (χ3v) is 4.78. The molecule has 0 radical (unpaired) electrons. The lowest BCUT2D eigenvalue weighted by atomic mass is 10.00. The van der Waals surface area contributed by atoms with Gasteiger partial charge in [0.15, 0.2) is 0 Å². The highest BCUT2D eigenvalue weighted by atomic mass is 32.2. The quantitative estimate of drug-likeness (QED) is 0.761. The minimum absolute atomic E-state index is 0.280. The molecule has 0 aliphatic carbocycles. The van der Waals surface area contributed by atoms with Gasteiger partial charge in [-0.25, -0.2) is 0 Å².